The minimum absolute atomic E-state index is 0.0123. The number of hydrogen-bond acceptors (Lipinski definition) is 12. The highest BCUT2D eigenvalue weighted by Crippen LogP contribution is 2.42. The Bertz CT molecular complexity index is 623. The number of nitrogens with zero attached hydrogens (tertiary/aromatic N) is 2. The second kappa shape index (κ2) is 5.32. The molecule has 0 aromatic carbocycles. The Hall–Kier alpha value is -2.39. The van der Waals surface area contributed by atoms with Crippen LogP contribution >= 0.6 is 0 Å². The number of carbonyl (C=O) groups excluding carboxylic acids is 1. The second-order valence-corrected chi connectivity index (χ2v) is 5.61. The van der Waals surface area contributed by atoms with Gasteiger partial charge in [-0.3, -0.25) is 11.1 Å². The number of ether oxygens (including phenoxy) is 1. The van der Waals surface area contributed by atoms with Gasteiger partial charge in [0.15, 0.2) is 18.1 Å². The van der Waals surface area contributed by atoms with Crippen LogP contribution in [0.1, 0.15) is 0 Å². The lowest BCUT2D eigenvalue weighted by Crippen LogP contribution is -2.78. The van der Waals surface area contributed by atoms with Gasteiger partial charge in [0.05, 0.1) is 0 Å². The fourth-order valence-corrected chi connectivity index (χ4v) is 3.43. The fraction of sp³-hybridized carbons (Fsp3) is 0.700. The summed E-state index contributed by atoms with van der Waals surface area (Å²) in [4.78, 5) is 19.5. The monoisotopic (exact) mass is 348 g/mol. The van der Waals surface area contributed by atoms with Crippen molar-refractivity contribution in [3.63, 3.8) is 0 Å². The van der Waals surface area contributed by atoms with E-state index >= 15 is 0 Å². The molecule has 0 bridgehead atoms. The van der Waals surface area contributed by atoms with Gasteiger partial charge in [-0.2, -0.15) is 4.89 Å². The number of amides is 1. The number of rotatable bonds is 4. The largest absolute Gasteiger partial charge is 0.446 e. The minimum atomic E-state index is -2.64. The Morgan fingerprint density at radius 1 is 1.46 bits per heavy atom. The highest BCUT2D eigenvalue weighted by Gasteiger charge is 2.76. The Labute approximate surface area is 134 Å². The van der Waals surface area contributed by atoms with Crippen molar-refractivity contribution >= 4 is 18.0 Å². The van der Waals surface area contributed by atoms with Crippen molar-refractivity contribution in [1.82, 2.24) is 10.6 Å². The Morgan fingerprint density at radius 3 is 2.79 bits per heavy atom. The van der Waals surface area contributed by atoms with Gasteiger partial charge in [-0.25, -0.2) is 19.6 Å². The summed E-state index contributed by atoms with van der Waals surface area (Å²) in [6.45, 7) is -0.436. The molecule has 0 radical (unpaired) electrons. The summed E-state index contributed by atoms with van der Waals surface area (Å²) in [5, 5.41) is 38.9. The molecule has 1 spiro atoms. The zero-order chi connectivity index (χ0) is 17.7. The van der Waals surface area contributed by atoms with Gasteiger partial charge in [-0.05, 0) is 0 Å². The number of hydrogen-bond donors (Lipinski definition) is 8. The number of aliphatic imine (C=N–C) groups is 1. The average Bonchev–Trinajstić information content (AvgIpc) is 2.95. The number of guanidine groups is 2. The first-order valence-corrected chi connectivity index (χ1v) is 6.86. The van der Waals surface area contributed by atoms with Gasteiger partial charge in [0.2, 0.25) is 5.66 Å². The van der Waals surface area contributed by atoms with E-state index in [-0.39, 0.29) is 25.1 Å². The van der Waals surface area contributed by atoms with E-state index in [9.17, 15) is 15.0 Å². The zero-order valence-corrected chi connectivity index (χ0v) is 12.2. The lowest BCUT2D eigenvalue weighted by molar-refractivity contribution is -0.624. The van der Waals surface area contributed by atoms with Crippen LogP contribution in [0.15, 0.2) is 4.99 Å². The molecule has 3 rings (SSSR count). The number of nitrogens with two attached hydrogens (primary N) is 3. The summed E-state index contributed by atoms with van der Waals surface area (Å²) in [5.74, 6) is -2.72. The predicted octanol–water partition coefficient (Wildman–Crippen LogP) is -5.15. The van der Waals surface area contributed by atoms with Gasteiger partial charge < -0.3 is 31.7 Å². The van der Waals surface area contributed by atoms with Crippen molar-refractivity contribution in [2.24, 2.45) is 22.2 Å². The van der Waals surface area contributed by atoms with Crippen molar-refractivity contribution in [1.29, 1.82) is 0 Å². The van der Waals surface area contributed by atoms with E-state index in [4.69, 9.17) is 27.2 Å². The van der Waals surface area contributed by atoms with Gasteiger partial charge in [0.25, 0.3) is 5.79 Å². The van der Waals surface area contributed by atoms with E-state index < -0.39 is 35.7 Å². The topological polar surface area (TPSA) is 223 Å². The Kier molecular flexibility index (Phi) is 3.65. The van der Waals surface area contributed by atoms with Crippen LogP contribution in [0.25, 0.3) is 0 Å². The molecule has 0 aliphatic carbocycles. The smallest absolute Gasteiger partial charge is 0.404 e. The maximum absolute atomic E-state index is 10.9. The van der Waals surface area contributed by atoms with Crippen molar-refractivity contribution in [2.75, 3.05) is 13.2 Å². The Morgan fingerprint density at radius 2 is 2.17 bits per heavy atom. The van der Waals surface area contributed by atoms with Crippen molar-refractivity contribution < 1.29 is 39.5 Å². The highest BCUT2D eigenvalue weighted by atomic mass is 17.5. The van der Waals surface area contributed by atoms with E-state index in [1.165, 1.54) is 4.58 Å². The van der Waals surface area contributed by atoms with Crippen molar-refractivity contribution in [3.8, 4) is 0 Å². The quantitative estimate of drug-likeness (QED) is 0.104. The molecular weight excluding hydrogens is 330 g/mol. The van der Waals surface area contributed by atoms with Crippen molar-refractivity contribution in [3.05, 3.63) is 0 Å². The van der Waals surface area contributed by atoms with E-state index in [0.29, 0.717) is 0 Å². The summed E-state index contributed by atoms with van der Waals surface area (Å²) in [6, 6.07) is -1.72. The summed E-state index contributed by atoms with van der Waals surface area (Å²) in [7, 11) is 0. The summed E-state index contributed by atoms with van der Waals surface area (Å²) >= 11 is 0. The van der Waals surface area contributed by atoms with E-state index in [2.05, 4.69) is 25.6 Å². The third kappa shape index (κ3) is 2.05. The summed E-state index contributed by atoms with van der Waals surface area (Å²) in [6.07, 6.45) is -2.44. The molecule has 3 aliphatic rings. The molecule has 3 aliphatic heterocycles. The molecule has 11 N–H and O–H groups in total. The highest BCUT2D eigenvalue weighted by molar-refractivity contribution is 5.83. The van der Waals surface area contributed by atoms with E-state index in [1.54, 1.807) is 0 Å². The predicted molar refractivity (Wildman–Crippen MR) is 73.8 cm³/mol. The number of carbonyl (C=O) groups is 1. The van der Waals surface area contributed by atoms with Crippen LogP contribution in [-0.2, 0) is 14.7 Å². The van der Waals surface area contributed by atoms with E-state index in [0.717, 1.165) is 0 Å². The van der Waals surface area contributed by atoms with Crippen LogP contribution in [0.4, 0.5) is 4.79 Å². The molecule has 14 heteroatoms. The molecule has 0 aromatic heterocycles. The number of aliphatic hydroxyl groups is 2. The first-order valence-electron chi connectivity index (χ1n) is 6.86. The third-order valence-electron chi connectivity index (χ3n) is 4.38. The molecule has 0 unspecified atom stereocenters. The van der Waals surface area contributed by atoms with Crippen molar-refractivity contribution in [2.45, 2.75) is 29.6 Å². The normalized spacial score (nSPS) is 36.3. The molecule has 0 saturated carbocycles. The zero-order valence-electron chi connectivity index (χ0n) is 12.2. The first kappa shape index (κ1) is 16.5. The van der Waals surface area contributed by atoms with Gasteiger partial charge >= 0.3 is 12.1 Å². The SMILES string of the molecule is NC(=O)OC[C@@H]1NC(N)=[N+]2C[C@H](OOO)C(O)(O)[C@@]23NC(N)=N[C@@H]13. The number of primary amides is 1. The maximum Gasteiger partial charge on any atom is 0.404 e. The molecule has 4 atom stereocenters. The average molecular weight is 348 g/mol. The minimum Gasteiger partial charge on any atom is -0.446 e. The maximum atomic E-state index is 10.9. The molecule has 1 saturated heterocycles. The van der Waals surface area contributed by atoms with Crippen LogP contribution in [-0.4, -0.2) is 80.8 Å². The summed E-state index contributed by atoms with van der Waals surface area (Å²) in [5.41, 5.74) is 14.9. The van der Waals surface area contributed by atoms with Gasteiger partial charge in [-0.1, -0.05) is 5.04 Å². The van der Waals surface area contributed by atoms with Crippen LogP contribution in [0, 0.1) is 0 Å². The van der Waals surface area contributed by atoms with E-state index in [1.807, 2.05) is 0 Å². The molecule has 24 heavy (non-hydrogen) atoms. The van der Waals surface area contributed by atoms with Crippen LogP contribution in [0.3, 0.4) is 0 Å². The van der Waals surface area contributed by atoms with Crippen LogP contribution in [0.5, 0.6) is 0 Å². The first-order chi connectivity index (χ1) is 11.2. The fourth-order valence-electron chi connectivity index (χ4n) is 3.43. The van der Waals surface area contributed by atoms with Crippen LogP contribution < -0.4 is 27.8 Å². The Balaban J connectivity index is 2.03. The molecule has 0 aromatic rings. The molecular formula is C10H18N7O7+. The third-order valence-corrected chi connectivity index (χ3v) is 4.38. The summed E-state index contributed by atoms with van der Waals surface area (Å²) < 4.78 is 6.08. The number of nitrogens with one attached hydrogen (secondary N) is 2. The molecule has 134 valence electrons. The van der Waals surface area contributed by atoms with Gasteiger partial charge in [0.1, 0.15) is 19.2 Å². The van der Waals surface area contributed by atoms with Gasteiger partial charge in [-0.15, -0.1) is 0 Å². The standard InChI is InChI=1S/C10H17N7O7/c11-6-15-5-3(2-22-8(13)18)14-7(12)17-1-4(23-24-21)10(19,20)9(5,17)16-6/h3-5,19-20H,1-2H2,(H8,11,12,13,14,15,16,18,21)/p+1/t3-,4-,5-,9-/m0/s1. The molecule has 1 amide bonds. The molecule has 1 fully saturated rings. The van der Waals surface area contributed by atoms with Crippen LogP contribution in [0.2, 0.25) is 0 Å². The molecule has 14 nitrogen and oxygen atoms in total. The second-order valence-electron chi connectivity index (χ2n) is 5.61. The lowest BCUT2D eigenvalue weighted by atomic mass is 9.86. The lowest BCUT2D eigenvalue weighted by Gasteiger charge is -2.43. The molecule has 3 heterocycles. The van der Waals surface area contributed by atoms with Gasteiger partial charge in [0, 0.05) is 0 Å².